The molecular formula is C33H53F3O7SSi. The van der Waals surface area contributed by atoms with E-state index in [0.29, 0.717) is 0 Å². The maximum Gasteiger partial charge on any atom is 0.522 e. The molecule has 0 spiro atoms. The summed E-state index contributed by atoms with van der Waals surface area (Å²) in [6.07, 6.45) is 2.17. The standard InChI is InChI=1S/C12H16O.C10H21F3O3SSi.C10H12O3.CH4/c1-4-11-5-7-12(8-6-11)9-10(2)13-3;1-7(2)18(8(3)4,9(5)6)16-17(14,15)10(11,12)13;1-13-10(12)6-8-2-4-9(7-11)5-3-8;/h5-8H,2,4,9H2,1,3H3;7-9H,1-6H3;2-5,11H,6-7H2,1H3;1H4. The van der Waals surface area contributed by atoms with Gasteiger partial charge in [-0.1, -0.05) is 111 Å². The molecule has 1 N–H and O–H groups in total. The molecular weight excluding hydrogens is 626 g/mol. The monoisotopic (exact) mass is 678 g/mol. The van der Waals surface area contributed by atoms with Crippen molar-refractivity contribution < 1.29 is 44.8 Å². The maximum atomic E-state index is 12.5. The maximum absolute atomic E-state index is 12.5. The van der Waals surface area contributed by atoms with Gasteiger partial charge in [0.1, 0.15) is 0 Å². The van der Waals surface area contributed by atoms with Crippen LogP contribution in [0.1, 0.15) is 78.1 Å². The van der Waals surface area contributed by atoms with Crippen molar-refractivity contribution in [1.29, 1.82) is 0 Å². The van der Waals surface area contributed by atoms with E-state index in [1.165, 1.54) is 18.2 Å². The minimum Gasteiger partial charge on any atom is -0.501 e. The van der Waals surface area contributed by atoms with E-state index in [4.69, 9.17) is 13.7 Å². The van der Waals surface area contributed by atoms with Crippen molar-refractivity contribution in [2.45, 2.75) is 104 Å². The molecule has 2 aromatic rings. The third-order valence-corrected chi connectivity index (χ3v) is 15.2. The van der Waals surface area contributed by atoms with Gasteiger partial charge in [-0.25, -0.2) is 0 Å². The second kappa shape index (κ2) is 20.5. The summed E-state index contributed by atoms with van der Waals surface area (Å²) in [5.41, 5.74) is -1.68. The average Bonchev–Trinajstić information content (AvgIpc) is 2.96. The minimum atomic E-state index is -5.53. The Morgan fingerprint density at radius 3 is 1.49 bits per heavy atom. The van der Waals surface area contributed by atoms with Crippen LogP contribution in [0.2, 0.25) is 16.6 Å². The molecule has 0 heterocycles. The first kappa shape index (κ1) is 44.5. The zero-order valence-corrected chi connectivity index (χ0v) is 29.1. The minimum absolute atomic E-state index is 0. The molecule has 2 rings (SSSR count). The van der Waals surface area contributed by atoms with Crippen LogP contribution in [-0.2, 0) is 54.1 Å². The van der Waals surface area contributed by atoms with Crippen LogP contribution < -0.4 is 0 Å². The van der Waals surface area contributed by atoms with Crippen molar-refractivity contribution in [1.82, 2.24) is 0 Å². The Balaban J connectivity index is 0. The number of hydrogen-bond acceptors (Lipinski definition) is 7. The molecule has 0 aliphatic rings. The number of ether oxygens (including phenoxy) is 2. The molecule has 0 atom stereocenters. The Kier molecular flexibility index (Phi) is 20.2. The van der Waals surface area contributed by atoms with Gasteiger partial charge in [0.25, 0.3) is 0 Å². The molecule has 258 valence electrons. The van der Waals surface area contributed by atoms with E-state index in [1.54, 1.807) is 60.8 Å². The number of aryl methyl sites for hydroxylation is 1. The fourth-order valence-corrected chi connectivity index (χ4v) is 12.9. The number of aliphatic hydroxyl groups excluding tert-OH is 1. The summed E-state index contributed by atoms with van der Waals surface area (Å²) in [6.45, 7) is 16.3. The first-order valence-electron chi connectivity index (χ1n) is 14.4. The van der Waals surface area contributed by atoms with Gasteiger partial charge in [-0.3, -0.25) is 4.79 Å². The van der Waals surface area contributed by atoms with E-state index in [9.17, 15) is 26.4 Å². The highest BCUT2D eigenvalue weighted by Crippen LogP contribution is 2.45. The number of rotatable bonds is 12. The fraction of sp³-hybridized carbons (Fsp3) is 0.545. The molecule has 0 bridgehead atoms. The van der Waals surface area contributed by atoms with Crippen molar-refractivity contribution in [3.63, 3.8) is 0 Å². The predicted molar refractivity (Wildman–Crippen MR) is 178 cm³/mol. The molecule has 7 nitrogen and oxygen atoms in total. The number of alkyl halides is 3. The molecule has 0 amide bonds. The molecule has 0 unspecified atom stereocenters. The third kappa shape index (κ3) is 14.5. The molecule has 0 fully saturated rings. The number of hydrogen-bond donors (Lipinski definition) is 1. The summed E-state index contributed by atoms with van der Waals surface area (Å²) in [5, 5.41) is 8.76. The fourth-order valence-electron chi connectivity index (χ4n) is 4.72. The summed E-state index contributed by atoms with van der Waals surface area (Å²) < 4.78 is 74.2. The Morgan fingerprint density at radius 1 is 0.800 bits per heavy atom. The molecule has 12 heteroatoms. The Morgan fingerprint density at radius 2 is 1.18 bits per heavy atom. The van der Waals surface area contributed by atoms with Gasteiger partial charge in [-0.05, 0) is 45.3 Å². The Bertz CT molecular complexity index is 1160. The zero-order valence-electron chi connectivity index (χ0n) is 27.3. The molecule has 0 aromatic heterocycles. The largest absolute Gasteiger partial charge is 0.522 e. The second-order valence-electron chi connectivity index (χ2n) is 11.1. The zero-order chi connectivity index (χ0) is 34.3. The van der Waals surface area contributed by atoms with Crippen LogP contribution in [0.25, 0.3) is 0 Å². The van der Waals surface area contributed by atoms with Gasteiger partial charge < -0.3 is 18.5 Å². The van der Waals surface area contributed by atoms with Crippen LogP contribution in [0.3, 0.4) is 0 Å². The number of halogens is 3. The summed E-state index contributed by atoms with van der Waals surface area (Å²) in [7, 11) is -5.59. The highest BCUT2D eigenvalue weighted by molar-refractivity contribution is 7.88. The number of allylic oxidation sites excluding steroid dienone is 1. The predicted octanol–water partition coefficient (Wildman–Crippen LogP) is 8.51. The van der Waals surface area contributed by atoms with Crippen LogP contribution in [0.15, 0.2) is 60.9 Å². The van der Waals surface area contributed by atoms with Gasteiger partial charge in [-0.15, -0.1) is 0 Å². The van der Waals surface area contributed by atoms with Gasteiger partial charge in [0.2, 0.25) is 8.32 Å². The number of carbonyl (C=O) groups is 1. The van der Waals surface area contributed by atoms with E-state index in [1.807, 2.05) is 12.1 Å². The van der Waals surface area contributed by atoms with Crippen molar-refractivity contribution >= 4 is 24.4 Å². The number of aliphatic hydroxyl groups is 1. The van der Waals surface area contributed by atoms with E-state index in [0.717, 1.165) is 29.7 Å². The van der Waals surface area contributed by atoms with Crippen molar-refractivity contribution in [2.75, 3.05) is 14.2 Å². The smallest absolute Gasteiger partial charge is 0.501 e. The molecule has 45 heavy (non-hydrogen) atoms. The normalized spacial score (nSPS) is 11.6. The quantitative estimate of drug-likeness (QED) is 0.104. The lowest BCUT2D eigenvalue weighted by atomic mass is 10.1. The van der Waals surface area contributed by atoms with Gasteiger partial charge >= 0.3 is 21.6 Å². The van der Waals surface area contributed by atoms with Gasteiger partial charge in [0.15, 0.2) is 0 Å². The van der Waals surface area contributed by atoms with Gasteiger partial charge in [0.05, 0.1) is 33.0 Å². The number of esters is 1. The van der Waals surface area contributed by atoms with Gasteiger partial charge in [0, 0.05) is 6.42 Å². The van der Waals surface area contributed by atoms with E-state index in [-0.39, 0.29) is 43.0 Å². The van der Waals surface area contributed by atoms with Gasteiger partial charge in [-0.2, -0.15) is 21.6 Å². The lowest BCUT2D eigenvalue weighted by Gasteiger charge is -2.40. The molecule has 0 aliphatic carbocycles. The molecule has 0 radical (unpaired) electrons. The van der Waals surface area contributed by atoms with Crippen LogP contribution in [0, 0.1) is 0 Å². The number of benzene rings is 2. The summed E-state index contributed by atoms with van der Waals surface area (Å²) in [6, 6.07) is 15.8. The van der Waals surface area contributed by atoms with Crippen LogP contribution in [-0.4, -0.2) is 47.5 Å². The topological polar surface area (TPSA) is 99.1 Å². The van der Waals surface area contributed by atoms with E-state index < -0.39 is 23.9 Å². The highest BCUT2D eigenvalue weighted by atomic mass is 32.2. The van der Waals surface area contributed by atoms with E-state index >= 15 is 0 Å². The Labute approximate surface area is 270 Å². The summed E-state index contributed by atoms with van der Waals surface area (Å²) in [4.78, 5) is 10.9. The average molecular weight is 679 g/mol. The molecule has 0 saturated carbocycles. The van der Waals surface area contributed by atoms with Crippen LogP contribution in [0.5, 0.6) is 0 Å². The molecule has 2 aromatic carbocycles. The second-order valence-corrected chi connectivity index (χ2v) is 18.3. The van der Waals surface area contributed by atoms with Crippen LogP contribution >= 0.6 is 0 Å². The summed E-state index contributed by atoms with van der Waals surface area (Å²) in [5.74, 6) is 0.556. The van der Waals surface area contributed by atoms with Crippen molar-refractivity contribution in [3.8, 4) is 0 Å². The number of carbonyl (C=O) groups excluding carboxylic acids is 1. The first-order chi connectivity index (χ1) is 20.3. The van der Waals surface area contributed by atoms with Crippen LogP contribution in [0.4, 0.5) is 13.2 Å². The lowest BCUT2D eigenvalue weighted by molar-refractivity contribution is -0.139. The SMILES string of the molecule is C.C=C(Cc1ccc(CC)cc1)OC.CC(C)[Si](OS(=O)(=O)C(F)(F)F)(C(C)C)C(C)C.COC(=O)Cc1ccc(CO)cc1. The van der Waals surface area contributed by atoms with Crippen molar-refractivity contribution in [2.24, 2.45) is 0 Å². The Hall–Kier alpha value is -2.67. The highest BCUT2D eigenvalue weighted by Gasteiger charge is 2.56. The van der Waals surface area contributed by atoms with E-state index in [2.05, 4.69) is 42.5 Å². The third-order valence-electron chi connectivity index (χ3n) is 7.15. The number of methoxy groups -OCH3 is 2. The first-order valence-corrected chi connectivity index (χ1v) is 17.9. The molecule has 0 saturated heterocycles. The summed E-state index contributed by atoms with van der Waals surface area (Å²) >= 11 is 0. The van der Waals surface area contributed by atoms with Crippen molar-refractivity contribution in [3.05, 3.63) is 83.1 Å². The molecule has 0 aliphatic heterocycles. The lowest BCUT2D eigenvalue weighted by Crippen LogP contribution is -2.51.